The summed E-state index contributed by atoms with van der Waals surface area (Å²) in [5, 5.41) is 0.755. The minimum Gasteiger partial charge on any atom is -0.486 e. The van der Waals surface area contributed by atoms with Crippen molar-refractivity contribution in [3.63, 3.8) is 0 Å². The number of unbranched alkanes of at least 4 members (excludes halogenated alkanes) is 7. The molecule has 5 heteroatoms. The Morgan fingerprint density at radius 1 is 0.844 bits per heavy atom. The van der Waals surface area contributed by atoms with Crippen molar-refractivity contribution < 1.29 is 14.2 Å². The van der Waals surface area contributed by atoms with Gasteiger partial charge < -0.3 is 14.2 Å². The van der Waals surface area contributed by atoms with Crippen LogP contribution in [-0.4, -0.2) is 53.7 Å². The first-order valence-electron chi connectivity index (χ1n) is 13.2. The molecule has 0 unspecified atom stereocenters. The van der Waals surface area contributed by atoms with Crippen LogP contribution in [0.4, 0.5) is 0 Å². The fourth-order valence-electron chi connectivity index (χ4n) is 5.39. The van der Waals surface area contributed by atoms with Crippen LogP contribution >= 0.6 is 12.2 Å². The molecule has 188 valence electrons. The molecule has 2 rings (SSSR count). The number of nitrogens with zero attached hydrogens (tertiary/aromatic N) is 1. The van der Waals surface area contributed by atoms with Crippen LogP contribution in [0.3, 0.4) is 0 Å². The van der Waals surface area contributed by atoms with E-state index in [1.807, 2.05) is 0 Å². The summed E-state index contributed by atoms with van der Waals surface area (Å²) in [6.45, 7) is 15.6. The Morgan fingerprint density at radius 2 is 1.34 bits per heavy atom. The Morgan fingerprint density at radius 3 is 1.84 bits per heavy atom. The van der Waals surface area contributed by atoms with Crippen LogP contribution < -0.4 is 0 Å². The highest BCUT2D eigenvalue weighted by Gasteiger charge is 2.55. The fraction of sp³-hybridized carbons (Fsp3) is 0.963. The van der Waals surface area contributed by atoms with E-state index in [1.54, 1.807) is 0 Å². The summed E-state index contributed by atoms with van der Waals surface area (Å²) in [5.41, 5.74) is -0.0454. The summed E-state index contributed by atoms with van der Waals surface area (Å²) in [7, 11) is 2.22. The normalized spacial score (nSPS) is 23.8. The molecule has 2 saturated heterocycles. The lowest BCUT2D eigenvalue weighted by molar-refractivity contribution is -0.343. The van der Waals surface area contributed by atoms with E-state index in [-0.39, 0.29) is 16.5 Å². The largest absolute Gasteiger partial charge is 0.486 e. The van der Waals surface area contributed by atoms with Crippen molar-refractivity contribution in [2.45, 2.75) is 135 Å². The molecule has 0 aromatic heterocycles. The van der Waals surface area contributed by atoms with Gasteiger partial charge in [0.25, 0.3) is 0 Å². The average molecular weight is 470 g/mol. The number of ether oxygens (including phenoxy) is 3. The molecule has 0 aromatic carbocycles. The molecule has 0 N–H and O–H groups in total. The molecule has 0 aromatic rings. The first-order valence-corrected chi connectivity index (χ1v) is 13.6. The Labute approximate surface area is 204 Å². The highest BCUT2D eigenvalue weighted by molar-refractivity contribution is 7.80. The number of hydrogen-bond donors (Lipinski definition) is 0. The van der Waals surface area contributed by atoms with Crippen LogP contribution in [0.5, 0.6) is 0 Å². The zero-order chi connectivity index (χ0) is 23.9. The zero-order valence-electron chi connectivity index (χ0n) is 22.2. The third-order valence-corrected chi connectivity index (χ3v) is 8.35. The van der Waals surface area contributed by atoms with E-state index < -0.39 is 5.79 Å². The van der Waals surface area contributed by atoms with Crippen LogP contribution in [0.1, 0.15) is 119 Å². The van der Waals surface area contributed by atoms with Crippen molar-refractivity contribution in [2.24, 2.45) is 5.41 Å². The summed E-state index contributed by atoms with van der Waals surface area (Å²) in [6.07, 6.45) is 14.1. The smallest absolute Gasteiger partial charge is 0.171 e. The maximum Gasteiger partial charge on any atom is 0.171 e. The molecule has 0 saturated carbocycles. The second-order valence-electron chi connectivity index (χ2n) is 11.8. The van der Waals surface area contributed by atoms with Crippen LogP contribution in [-0.2, 0) is 14.2 Å². The number of rotatable bonds is 12. The molecule has 0 bridgehead atoms. The highest BCUT2D eigenvalue weighted by Crippen LogP contribution is 2.48. The van der Waals surface area contributed by atoms with E-state index in [0.717, 1.165) is 37.2 Å². The summed E-state index contributed by atoms with van der Waals surface area (Å²) >= 11 is 5.54. The van der Waals surface area contributed by atoms with E-state index in [1.165, 1.54) is 44.9 Å². The lowest BCUT2D eigenvalue weighted by Gasteiger charge is -2.59. The van der Waals surface area contributed by atoms with Crippen LogP contribution in [0.25, 0.3) is 0 Å². The minimum atomic E-state index is -0.490. The van der Waals surface area contributed by atoms with Gasteiger partial charge in [-0.3, -0.25) is 4.90 Å². The van der Waals surface area contributed by atoms with Gasteiger partial charge in [-0.25, -0.2) is 0 Å². The molecule has 2 heterocycles. The predicted molar refractivity (Wildman–Crippen MR) is 138 cm³/mol. The van der Waals surface area contributed by atoms with Crippen LogP contribution in [0, 0.1) is 5.41 Å². The van der Waals surface area contributed by atoms with Gasteiger partial charge in [-0.15, -0.1) is 0 Å². The molecule has 1 spiro atoms. The maximum atomic E-state index is 6.55. The second kappa shape index (κ2) is 12.0. The molecule has 32 heavy (non-hydrogen) atoms. The SMILES string of the molecule is CCCCCCCCCCC(=S)OCC1(CC)COC2(CC(C)(C)N(C)C(C)(C)C2)OC1. The monoisotopic (exact) mass is 469 g/mol. The molecule has 0 amide bonds. The molecule has 0 atom stereocenters. The van der Waals surface area contributed by atoms with Gasteiger partial charge in [-0.05, 0) is 59.8 Å². The van der Waals surface area contributed by atoms with Crippen molar-refractivity contribution in [3.8, 4) is 0 Å². The van der Waals surface area contributed by atoms with E-state index in [4.69, 9.17) is 26.4 Å². The summed E-state index contributed by atoms with van der Waals surface area (Å²) in [4.78, 5) is 2.46. The van der Waals surface area contributed by atoms with Crippen molar-refractivity contribution in [1.82, 2.24) is 4.90 Å². The Kier molecular flexibility index (Phi) is 10.5. The molecule has 2 aliphatic rings. The van der Waals surface area contributed by atoms with Gasteiger partial charge in [0, 0.05) is 30.3 Å². The second-order valence-corrected chi connectivity index (χ2v) is 12.2. The first kappa shape index (κ1) is 28.0. The van der Waals surface area contributed by atoms with Gasteiger partial charge in [0.2, 0.25) is 0 Å². The van der Waals surface area contributed by atoms with E-state index >= 15 is 0 Å². The van der Waals surface area contributed by atoms with Crippen molar-refractivity contribution in [2.75, 3.05) is 26.9 Å². The summed E-state index contributed by atoms with van der Waals surface area (Å²) < 4.78 is 19.2. The Hall–Kier alpha value is -0.230. The molecule has 0 aliphatic carbocycles. The third-order valence-electron chi connectivity index (χ3n) is 8.03. The van der Waals surface area contributed by atoms with Gasteiger partial charge in [0.1, 0.15) is 0 Å². The summed E-state index contributed by atoms with van der Waals surface area (Å²) in [6, 6.07) is 0. The number of thiocarbonyl (C=S) groups is 1. The number of hydrogen-bond acceptors (Lipinski definition) is 5. The van der Waals surface area contributed by atoms with Crippen molar-refractivity contribution in [1.29, 1.82) is 0 Å². The maximum absolute atomic E-state index is 6.55. The van der Waals surface area contributed by atoms with Crippen molar-refractivity contribution in [3.05, 3.63) is 0 Å². The molecule has 0 radical (unpaired) electrons. The minimum absolute atomic E-state index is 0.0298. The van der Waals surface area contributed by atoms with E-state index in [2.05, 4.69) is 53.5 Å². The van der Waals surface area contributed by atoms with Crippen LogP contribution in [0.2, 0.25) is 0 Å². The van der Waals surface area contributed by atoms with E-state index in [0.29, 0.717) is 19.8 Å². The quantitative estimate of drug-likeness (QED) is 0.221. The predicted octanol–water partition coefficient (Wildman–Crippen LogP) is 7.28. The van der Waals surface area contributed by atoms with Gasteiger partial charge in [0.15, 0.2) is 10.8 Å². The lowest BCUT2D eigenvalue weighted by Crippen LogP contribution is -2.67. The zero-order valence-corrected chi connectivity index (χ0v) is 23.0. The standard InChI is InChI=1S/C27H51NO3S/c1-8-10-11-12-13-14-15-16-17-23(32)29-20-26(9-2)21-30-27(31-22-26)18-24(3,4)28(7)25(5,6)19-27/h8-22H2,1-7H3. The van der Waals surface area contributed by atoms with Gasteiger partial charge >= 0.3 is 0 Å². The van der Waals surface area contributed by atoms with E-state index in [9.17, 15) is 0 Å². The fourth-order valence-corrected chi connectivity index (χ4v) is 5.60. The Bertz CT molecular complexity index is 561. The summed E-state index contributed by atoms with van der Waals surface area (Å²) in [5.74, 6) is -0.490. The number of piperidine rings is 1. The average Bonchev–Trinajstić information content (AvgIpc) is 2.73. The first-order chi connectivity index (χ1) is 15.0. The third kappa shape index (κ3) is 7.65. The van der Waals surface area contributed by atoms with Crippen LogP contribution in [0.15, 0.2) is 0 Å². The van der Waals surface area contributed by atoms with Gasteiger partial charge in [-0.1, -0.05) is 58.8 Å². The van der Waals surface area contributed by atoms with Crippen molar-refractivity contribution >= 4 is 17.3 Å². The van der Waals surface area contributed by atoms with Gasteiger partial charge in [0.05, 0.1) is 25.2 Å². The molecule has 2 fully saturated rings. The molecular formula is C27H51NO3S. The molecule has 4 nitrogen and oxygen atoms in total. The lowest BCUT2D eigenvalue weighted by atomic mass is 9.75. The Balaban J connectivity index is 1.75. The molecule has 2 aliphatic heterocycles. The topological polar surface area (TPSA) is 30.9 Å². The molecular weight excluding hydrogens is 418 g/mol. The number of likely N-dealkylation sites (tertiary alicyclic amines) is 1. The highest BCUT2D eigenvalue weighted by atomic mass is 32.1. The van der Waals surface area contributed by atoms with Gasteiger partial charge in [-0.2, -0.15) is 0 Å².